The third-order valence-corrected chi connectivity index (χ3v) is 5.27. The Bertz CT molecular complexity index is 819. The second-order valence-corrected chi connectivity index (χ2v) is 7.25. The van der Waals surface area contributed by atoms with Crippen molar-refractivity contribution in [2.45, 2.75) is 45.4 Å². The fourth-order valence-corrected chi connectivity index (χ4v) is 3.99. The van der Waals surface area contributed by atoms with Crippen LogP contribution in [0.2, 0.25) is 0 Å². The van der Waals surface area contributed by atoms with Gasteiger partial charge in [0.2, 0.25) is 11.5 Å². The lowest BCUT2D eigenvalue weighted by Gasteiger charge is -2.25. The molecule has 4 rings (SSSR count). The number of hydrogen-bond donors (Lipinski definition) is 1. The molecule has 0 atom stereocenters. The van der Waals surface area contributed by atoms with Gasteiger partial charge in [0.15, 0.2) is 0 Å². The molecule has 1 saturated heterocycles. The Labute approximate surface area is 147 Å². The van der Waals surface area contributed by atoms with Crippen LogP contribution in [0.4, 0.5) is 5.69 Å². The van der Waals surface area contributed by atoms with Crippen molar-refractivity contribution in [3.8, 4) is 0 Å². The molecule has 1 aliphatic heterocycles. The second kappa shape index (κ2) is 6.33. The van der Waals surface area contributed by atoms with Crippen LogP contribution in [0.3, 0.4) is 0 Å². The van der Waals surface area contributed by atoms with Gasteiger partial charge in [0.1, 0.15) is 0 Å². The van der Waals surface area contributed by atoms with E-state index in [1.54, 1.807) is 4.90 Å². The van der Waals surface area contributed by atoms with Crippen LogP contribution in [-0.2, 0) is 17.6 Å². The highest BCUT2D eigenvalue weighted by Crippen LogP contribution is 2.38. The smallest absolute Gasteiger partial charge is 0.292 e. The molecule has 3 heterocycles. The van der Waals surface area contributed by atoms with Crippen LogP contribution >= 0.6 is 0 Å². The summed E-state index contributed by atoms with van der Waals surface area (Å²) in [6.07, 6.45) is 4.32. The Morgan fingerprint density at radius 3 is 2.52 bits per heavy atom. The number of hydrogen-bond acceptors (Lipinski definition) is 5. The van der Waals surface area contributed by atoms with Gasteiger partial charge >= 0.3 is 0 Å². The van der Waals surface area contributed by atoms with E-state index in [9.17, 15) is 4.79 Å². The number of nitrogens with zero attached hydrogens (tertiary/aromatic N) is 2. The van der Waals surface area contributed by atoms with E-state index < -0.39 is 0 Å². The molecule has 2 N–H and O–H groups in total. The van der Waals surface area contributed by atoms with Crippen molar-refractivity contribution in [3.63, 3.8) is 0 Å². The van der Waals surface area contributed by atoms with Gasteiger partial charge in [-0.15, -0.1) is 0 Å². The highest BCUT2D eigenvalue weighted by atomic mass is 16.5. The largest absolute Gasteiger partial charge is 0.430 e. The second-order valence-electron chi connectivity index (χ2n) is 7.25. The van der Waals surface area contributed by atoms with Gasteiger partial charge in [0, 0.05) is 13.1 Å². The third-order valence-electron chi connectivity index (χ3n) is 5.27. The lowest BCUT2D eigenvalue weighted by atomic mass is 9.86. The zero-order valence-electron chi connectivity index (χ0n) is 14.9. The van der Waals surface area contributed by atoms with Crippen molar-refractivity contribution in [2.24, 2.45) is 0 Å². The molecule has 0 unspecified atom stereocenters. The molecule has 2 aromatic rings. The van der Waals surface area contributed by atoms with Gasteiger partial charge in [-0.2, -0.15) is 0 Å². The topological polar surface area (TPSA) is 81.6 Å². The summed E-state index contributed by atoms with van der Waals surface area (Å²) in [5.41, 5.74) is 11.0. The zero-order chi connectivity index (χ0) is 17.6. The first-order valence-electron chi connectivity index (χ1n) is 9.18. The Morgan fingerprint density at radius 1 is 1.16 bits per heavy atom. The van der Waals surface area contributed by atoms with Crippen molar-refractivity contribution < 1.29 is 13.9 Å². The monoisotopic (exact) mass is 343 g/mol. The van der Waals surface area contributed by atoms with Crippen molar-refractivity contribution in [1.29, 1.82) is 0 Å². The van der Waals surface area contributed by atoms with Gasteiger partial charge in [-0.1, -0.05) is 13.8 Å². The number of ether oxygens (including phenoxy) is 1. The lowest BCUT2D eigenvalue weighted by Crippen LogP contribution is -2.40. The molecule has 0 bridgehead atoms. The number of pyridine rings is 1. The number of nitrogens with two attached hydrogens (primary N) is 1. The Hall–Kier alpha value is -2.08. The number of furan rings is 1. The number of morpholine rings is 1. The van der Waals surface area contributed by atoms with Crippen molar-refractivity contribution in [1.82, 2.24) is 9.88 Å². The fourth-order valence-electron chi connectivity index (χ4n) is 3.99. The van der Waals surface area contributed by atoms with Crippen molar-refractivity contribution >= 4 is 22.7 Å². The van der Waals surface area contributed by atoms with Gasteiger partial charge in [-0.05, 0) is 42.7 Å². The van der Waals surface area contributed by atoms with E-state index in [1.807, 2.05) is 0 Å². The van der Waals surface area contributed by atoms with Gasteiger partial charge in [0.25, 0.3) is 5.91 Å². The molecule has 6 nitrogen and oxygen atoms in total. The van der Waals surface area contributed by atoms with E-state index in [2.05, 4.69) is 13.8 Å². The Balaban J connectivity index is 1.85. The predicted octanol–water partition coefficient (Wildman–Crippen LogP) is 2.88. The Kier molecular flexibility index (Phi) is 4.15. The summed E-state index contributed by atoms with van der Waals surface area (Å²) in [5.74, 6) is 0.397. The molecule has 6 heteroatoms. The number of anilines is 1. The minimum absolute atomic E-state index is 0.158. The number of carbonyl (C=O) groups is 1. The number of carbonyl (C=O) groups excluding carboxylic acids is 1. The van der Waals surface area contributed by atoms with Crippen LogP contribution in [0.1, 0.15) is 60.0 Å². The molecular formula is C19H25N3O3. The number of rotatable bonds is 2. The summed E-state index contributed by atoms with van der Waals surface area (Å²) in [6.45, 7) is 6.54. The van der Waals surface area contributed by atoms with Crippen molar-refractivity contribution in [2.75, 3.05) is 32.0 Å². The summed E-state index contributed by atoms with van der Waals surface area (Å²) < 4.78 is 11.2. The molecule has 2 aromatic heterocycles. The van der Waals surface area contributed by atoms with E-state index >= 15 is 0 Å². The normalized spacial score (nSPS) is 18.0. The maximum absolute atomic E-state index is 12.8. The van der Waals surface area contributed by atoms with E-state index in [-0.39, 0.29) is 11.7 Å². The van der Waals surface area contributed by atoms with E-state index in [0.29, 0.717) is 43.6 Å². The van der Waals surface area contributed by atoms with E-state index in [0.717, 1.165) is 30.3 Å². The molecule has 0 saturated carbocycles. The summed E-state index contributed by atoms with van der Waals surface area (Å²) in [7, 11) is 0. The average Bonchev–Trinajstić information content (AvgIpc) is 2.98. The van der Waals surface area contributed by atoms with Crippen LogP contribution < -0.4 is 5.73 Å². The van der Waals surface area contributed by atoms with Gasteiger partial charge < -0.3 is 19.8 Å². The van der Waals surface area contributed by atoms with Gasteiger partial charge in [-0.25, -0.2) is 4.98 Å². The van der Waals surface area contributed by atoms with Crippen LogP contribution in [0, 0.1) is 0 Å². The van der Waals surface area contributed by atoms with E-state index in [4.69, 9.17) is 19.9 Å². The minimum atomic E-state index is -0.158. The number of aryl methyl sites for hydroxylation is 1. The van der Waals surface area contributed by atoms with Crippen LogP contribution in [-0.4, -0.2) is 42.1 Å². The maximum atomic E-state index is 12.8. The first-order chi connectivity index (χ1) is 12.1. The number of amides is 1. The quantitative estimate of drug-likeness (QED) is 0.907. The summed E-state index contributed by atoms with van der Waals surface area (Å²) >= 11 is 0. The first kappa shape index (κ1) is 16.4. The van der Waals surface area contributed by atoms with E-state index in [1.165, 1.54) is 17.5 Å². The standard InChI is InChI=1S/C19H25N3O3/c1-11(2)16-13-6-4-3-5-12(13)14-15(20)17(25-18(14)21-16)19(23)22-7-9-24-10-8-22/h11H,3-10,20H2,1-2H3. The lowest BCUT2D eigenvalue weighted by molar-refractivity contribution is 0.0285. The van der Waals surface area contributed by atoms with Crippen LogP contribution in [0.15, 0.2) is 4.42 Å². The molecule has 134 valence electrons. The first-order valence-corrected chi connectivity index (χ1v) is 9.18. The van der Waals surface area contributed by atoms with Gasteiger partial charge in [0.05, 0.1) is 30.0 Å². The van der Waals surface area contributed by atoms with Crippen LogP contribution in [0.25, 0.3) is 11.1 Å². The number of aromatic nitrogens is 1. The SMILES string of the molecule is CC(C)c1nc2oc(C(=O)N3CCOCC3)c(N)c2c2c1CCCC2. The molecule has 1 fully saturated rings. The minimum Gasteiger partial charge on any atom is -0.430 e. The Morgan fingerprint density at radius 2 is 1.84 bits per heavy atom. The van der Waals surface area contributed by atoms with Gasteiger partial charge in [-0.3, -0.25) is 4.79 Å². The fraction of sp³-hybridized carbons (Fsp3) is 0.579. The average molecular weight is 343 g/mol. The maximum Gasteiger partial charge on any atom is 0.292 e. The summed E-state index contributed by atoms with van der Waals surface area (Å²) in [6, 6.07) is 0. The number of nitrogen functional groups attached to an aromatic ring is 1. The summed E-state index contributed by atoms with van der Waals surface area (Å²) in [4.78, 5) is 19.3. The highest BCUT2D eigenvalue weighted by molar-refractivity contribution is 6.06. The molecule has 0 spiro atoms. The molecule has 25 heavy (non-hydrogen) atoms. The molecule has 2 aliphatic rings. The molecule has 0 radical (unpaired) electrons. The summed E-state index contributed by atoms with van der Waals surface area (Å²) in [5, 5.41) is 0.857. The predicted molar refractivity (Wildman–Crippen MR) is 95.9 cm³/mol. The molecule has 1 aliphatic carbocycles. The molecule has 1 amide bonds. The molecular weight excluding hydrogens is 318 g/mol. The molecule has 0 aromatic carbocycles. The number of fused-ring (bicyclic) bond motifs is 3. The zero-order valence-corrected chi connectivity index (χ0v) is 14.9. The van der Waals surface area contributed by atoms with Crippen LogP contribution in [0.5, 0.6) is 0 Å². The highest BCUT2D eigenvalue weighted by Gasteiger charge is 2.29. The third kappa shape index (κ3) is 2.68. The van der Waals surface area contributed by atoms with Crippen molar-refractivity contribution in [3.05, 3.63) is 22.6 Å².